The highest BCUT2D eigenvalue weighted by molar-refractivity contribution is 5.76. The number of nitro benzene ring substituents is 1. The van der Waals surface area contributed by atoms with Crippen molar-refractivity contribution in [2.75, 3.05) is 6.54 Å². The Bertz CT molecular complexity index is 445. The zero-order valence-electron chi connectivity index (χ0n) is 11.7. The van der Waals surface area contributed by atoms with E-state index < -0.39 is 4.92 Å². The Morgan fingerprint density at radius 3 is 2.60 bits per heavy atom. The van der Waals surface area contributed by atoms with Crippen molar-refractivity contribution < 1.29 is 9.72 Å². The van der Waals surface area contributed by atoms with Crippen LogP contribution < -0.4 is 11.1 Å². The molecule has 110 valence electrons. The van der Waals surface area contributed by atoms with Crippen LogP contribution in [0.2, 0.25) is 0 Å². The molecule has 0 spiro atoms. The molecule has 6 heteroatoms. The molecule has 3 N–H and O–H groups in total. The molecule has 0 aliphatic carbocycles. The lowest BCUT2D eigenvalue weighted by atomic mass is 10.1. The van der Waals surface area contributed by atoms with Crippen molar-refractivity contribution in [3.63, 3.8) is 0 Å². The average molecular weight is 279 g/mol. The second kappa shape index (κ2) is 8.27. The van der Waals surface area contributed by atoms with Gasteiger partial charge in [0.2, 0.25) is 5.91 Å². The number of rotatable bonds is 8. The maximum Gasteiger partial charge on any atom is 0.269 e. The second-order valence-corrected chi connectivity index (χ2v) is 4.78. The van der Waals surface area contributed by atoms with Crippen LogP contribution in [0.1, 0.15) is 31.7 Å². The van der Waals surface area contributed by atoms with E-state index in [4.69, 9.17) is 5.73 Å². The Morgan fingerprint density at radius 2 is 2.05 bits per heavy atom. The van der Waals surface area contributed by atoms with Crippen LogP contribution in [0.25, 0.3) is 0 Å². The number of carbonyl (C=O) groups is 1. The summed E-state index contributed by atoms with van der Waals surface area (Å²) >= 11 is 0. The first kappa shape index (κ1) is 16.1. The van der Waals surface area contributed by atoms with Crippen LogP contribution in [0.15, 0.2) is 24.3 Å². The minimum Gasteiger partial charge on any atom is -0.356 e. The Kier molecular flexibility index (Phi) is 6.66. The largest absolute Gasteiger partial charge is 0.356 e. The number of amides is 1. The van der Waals surface area contributed by atoms with E-state index in [1.807, 2.05) is 6.92 Å². The van der Waals surface area contributed by atoms with Gasteiger partial charge in [0.15, 0.2) is 0 Å². The predicted molar refractivity (Wildman–Crippen MR) is 77.3 cm³/mol. The number of hydrogen-bond acceptors (Lipinski definition) is 4. The van der Waals surface area contributed by atoms with Gasteiger partial charge in [0.05, 0.1) is 4.92 Å². The minimum absolute atomic E-state index is 0.0483. The molecule has 0 aliphatic rings. The molecule has 0 radical (unpaired) electrons. The quantitative estimate of drug-likeness (QED) is 0.559. The lowest BCUT2D eigenvalue weighted by Gasteiger charge is -2.10. The summed E-state index contributed by atoms with van der Waals surface area (Å²) in [6.07, 6.45) is 2.80. The van der Waals surface area contributed by atoms with Crippen LogP contribution >= 0.6 is 0 Å². The summed E-state index contributed by atoms with van der Waals surface area (Å²) in [5.74, 6) is -0.0483. The number of carbonyl (C=O) groups excluding carboxylic acids is 1. The van der Waals surface area contributed by atoms with E-state index >= 15 is 0 Å². The maximum atomic E-state index is 11.6. The SMILES string of the molecule is CCCC(N)CC(=O)NCCc1ccc([N+](=O)[O-])cc1. The van der Waals surface area contributed by atoms with E-state index in [9.17, 15) is 14.9 Å². The summed E-state index contributed by atoms with van der Waals surface area (Å²) in [5.41, 5.74) is 6.81. The van der Waals surface area contributed by atoms with Crippen LogP contribution in [-0.2, 0) is 11.2 Å². The molecular formula is C14H21N3O3. The topological polar surface area (TPSA) is 98.3 Å². The standard InChI is InChI=1S/C14H21N3O3/c1-2-3-12(15)10-14(18)16-9-8-11-4-6-13(7-5-11)17(19)20/h4-7,12H,2-3,8-10,15H2,1H3,(H,16,18). The molecule has 1 atom stereocenters. The first-order valence-electron chi connectivity index (χ1n) is 6.78. The van der Waals surface area contributed by atoms with E-state index in [1.54, 1.807) is 12.1 Å². The zero-order chi connectivity index (χ0) is 15.0. The normalized spacial score (nSPS) is 11.9. The Morgan fingerprint density at radius 1 is 1.40 bits per heavy atom. The molecule has 0 saturated heterocycles. The van der Waals surface area contributed by atoms with Gasteiger partial charge >= 0.3 is 0 Å². The molecule has 1 rings (SSSR count). The molecular weight excluding hydrogens is 258 g/mol. The van der Waals surface area contributed by atoms with Gasteiger partial charge in [-0.3, -0.25) is 14.9 Å². The Labute approximate surface area is 118 Å². The van der Waals surface area contributed by atoms with Gasteiger partial charge in [0.1, 0.15) is 0 Å². The fraction of sp³-hybridized carbons (Fsp3) is 0.500. The number of hydrogen-bond donors (Lipinski definition) is 2. The van der Waals surface area contributed by atoms with Gasteiger partial charge in [-0.2, -0.15) is 0 Å². The van der Waals surface area contributed by atoms with E-state index in [0.717, 1.165) is 18.4 Å². The predicted octanol–water partition coefficient (Wildman–Crippen LogP) is 1.77. The van der Waals surface area contributed by atoms with Crippen LogP contribution in [0, 0.1) is 10.1 Å². The molecule has 0 bridgehead atoms. The molecule has 1 aromatic rings. The van der Waals surface area contributed by atoms with Crippen molar-refractivity contribution in [1.82, 2.24) is 5.32 Å². The lowest BCUT2D eigenvalue weighted by Crippen LogP contribution is -2.32. The van der Waals surface area contributed by atoms with Gasteiger partial charge < -0.3 is 11.1 Å². The van der Waals surface area contributed by atoms with Gasteiger partial charge in [-0.1, -0.05) is 25.5 Å². The number of nitrogens with one attached hydrogen (secondary N) is 1. The van der Waals surface area contributed by atoms with Crippen LogP contribution in [0.4, 0.5) is 5.69 Å². The number of benzene rings is 1. The zero-order valence-corrected chi connectivity index (χ0v) is 11.7. The van der Waals surface area contributed by atoms with E-state index in [1.165, 1.54) is 12.1 Å². The van der Waals surface area contributed by atoms with Gasteiger partial charge in [0.25, 0.3) is 5.69 Å². The van der Waals surface area contributed by atoms with Crippen molar-refractivity contribution in [3.8, 4) is 0 Å². The molecule has 20 heavy (non-hydrogen) atoms. The monoisotopic (exact) mass is 279 g/mol. The third kappa shape index (κ3) is 5.79. The summed E-state index contributed by atoms with van der Waals surface area (Å²) in [4.78, 5) is 21.7. The molecule has 0 aliphatic heterocycles. The summed E-state index contributed by atoms with van der Waals surface area (Å²) in [7, 11) is 0. The van der Waals surface area contributed by atoms with Crippen LogP contribution in [0.5, 0.6) is 0 Å². The number of non-ortho nitro benzene ring substituents is 1. The first-order chi connectivity index (χ1) is 9.52. The van der Waals surface area contributed by atoms with Gasteiger partial charge in [0, 0.05) is 31.1 Å². The maximum absolute atomic E-state index is 11.6. The first-order valence-corrected chi connectivity index (χ1v) is 6.78. The molecule has 0 aromatic heterocycles. The van der Waals surface area contributed by atoms with Crippen molar-refractivity contribution in [2.24, 2.45) is 5.73 Å². The van der Waals surface area contributed by atoms with E-state index in [-0.39, 0.29) is 17.6 Å². The highest BCUT2D eigenvalue weighted by Crippen LogP contribution is 2.11. The fourth-order valence-electron chi connectivity index (χ4n) is 1.91. The molecule has 1 amide bonds. The number of nitrogens with two attached hydrogens (primary N) is 1. The van der Waals surface area contributed by atoms with Crippen molar-refractivity contribution in [1.29, 1.82) is 0 Å². The van der Waals surface area contributed by atoms with Gasteiger partial charge in [-0.25, -0.2) is 0 Å². The second-order valence-electron chi connectivity index (χ2n) is 4.78. The molecule has 1 aromatic carbocycles. The molecule has 0 saturated carbocycles. The summed E-state index contributed by atoms with van der Waals surface area (Å²) in [6.45, 7) is 2.54. The average Bonchev–Trinajstić information content (AvgIpc) is 2.39. The summed E-state index contributed by atoms with van der Waals surface area (Å²) in [5, 5.41) is 13.3. The third-order valence-electron chi connectivity index (χ3n) is 2.99. The number of nitro groups is 1. The van der Waals surface area contributed by atoms with Gasteiger partial charge in [-0.15, -0.1) is 0 Å². The Balaban J connectivity index is 2.30. The molecule has 1 unspecified atom stereocenters. The van der Waals surface area contributed by atoms with E-state index in [2.05, 4.69) is 5.32 Å². The van der Waals surface area contributed by atoms with Crippen LogP contribution in [0.3, 0.4) is 0 Å². The van der Waals surface area contributed by atoms with E-state index in [0.29, 0.717) is 19.4 Å². The van der Waals surface area contributed by atoms with Crippen molar-refractivity contribution >= 4 is 11.6 Å². The van der Waals surface area contributed by atoms with Crippen molar-refractivity contribution in [3.05, 3.63) is 39.9 Å². The molecule has 0 fully saturated rings. The molecule has 6 nitrogen and oxygen atoms in total. The highest BCUT2D eigenvalue weighted by Gasteiger charge is 2.08. The number of nitrogens with zero attached hydrogens (tertiary/aromatic N) is 1. The Hall–Kier alpha value is -1.95. The van der Waals surface area contributed by atoms with Crippen molar-refractivity contribution in [2.45, 2.75) is 38.6 Å². The van der Waals surface area contributed by atoms with Gasteiger partial charge in [-0.05, 0) is 18.4 Å². The highest BCUT2D eigenvalue weighted by atomic mass is 16.6. The smallest absolute Gasteiger partial charge is 0.269 e. The summed E-state index contributed by atoms with van der Waals surface area (Å²) in [6, 6.07) is 6.25. The third-order valence-corrected chi connectivity index (χ3v) is 2.99. The lowest BCUT2D eigenvalue weighted by molar-refractivity contribution is -0.384. The molecule has 0 heterocycles. The summed E-state index contributed by atoms with van der Waals surface area (Å²) < 4.78 is 0. The fourth-order valence-corrected chi connectivity index (χ4v) is 1.91. The van der Waals surface area contributed by atoms with Crippen LogP contribution in [-0.4, -0.2) is 23.4 Å². The minimum atomic E-state index is -0.430.